The number of rotatable bonds is 2. The van der Waals surface area contributed by atoms with Crippen LogP contribution in [0.5, 0.6) is 5.75 Å². The van der Waals surface area contributed by atoms with Crippen LogP contribution in [0.2, 0.25) is 5.02 Å². The van der Waals surface area contributed by atoms with E-state index in [4.69, 9.17) is 26.7 Å². The SMILES string of the molecule is C1CN1.COc1cc(Cl)c(C#N)cc1C(=O)O. The average molecular weight is 255 g/mol. The van der Waals surface area contributed by atoms with E-state index in [1.54, 1.807) is 6.07 Å². The number of benzene rings is 1. The standard InChI is InChI=1S/C9H6ClNO3.C2H5N/c1-14-8-3-7(10)5(4-11)2-6(8)9(12)13;1-2-3-1/h2-3H,1H3,(H,12,13);3H,1-2H2. The van der Waals surface area contributed by atoms with Gasteiger partial charge in [0.2, 0.25) is 0 Å². The average Bonchev–Trinajstić information content (AvgIpc) is 3.15. The Labute approximate surface area is 104 Å². The molecule has 0 bridgehead atoms. The molecule has 2 rings (SSSR count). The monoisotopic (exact) mass is 254 g/mol. The predicted molar refractivity (Wildman–Crippen MR) is 62.5 cm³/mol. The van der Waals surface area contributed by atoms with Crippen molar-refractivity contribution in [2.75, 3.05) is 20.2 Å². The van der Waals surface area contributed by atoms with Crippen LogP contribution in [-0.4, -0.2) is 31.3 Å². The third-order valence-corrected chi connectivity index (χ3v) is 2.20. The Bertz CT molecular complexity index is 464. The zero-order chi connectivity index (χ0) is 12.8. The maximum Gasteiger partial charge on any atom is 0.339 e. The quantitative estimate of drug-likeness (QED) is 0.781. The van der Waals surface area contributed by atoms with Gasteiger partial charge in [-0.25, -0.2) is 4.79 Å². The molecule has 0 saturated carbocycles. The normalized spacial score (nSPS) is 11.8. The van der Waals surface area contributed by atoms with Crippen LogP contribution < -0.4 is 10.1 Å². The first-order valence-electron chi connectivity index (χ1n) is 4.81. The summed E-state index contributed by atoms with van der Waals surface area (Å²) in [7, 11) is 1.34. The number of halogens is 1. The molecule has 0 spiro atoms. The first-order valence-corrected chi connectivity index (χ1v) is 5.19. The number of ether oxygens (including phenoxy) is 1. The van der Waals surface area contributed by atoms with E-state index >= 15 is 0 Å². The highest BCUT2D eigenvalue weighted by Crippen LogP contribution is 2.26. The number of nitriles is 1. The van der Waals surface area contributed by atoms with Crippen LogP contribution in [0.1, 0.15) is 15.9 Å². The minimum Gasteiger partial charge on any atom is -0.496 e. The fraction of sp³-hybridized carbons (Fsp3) is 0.273. The van der Waals surface area contributed by atoms with Crippen LogP contribution in [0.4, 0.5) is 0 Å². The molecule has 1 aliphatic heterocycles. The van der Waals surface area contributed by atoms with Crippen LogP contribution in [0, 0.1) is 11.3 Å². The molecule has 0 amide bonds. The molecular weight excluding hydrogens is 244 g/mol. The van der Waals surface area contributed by atoms with E-state index in [1.807, 2.05) is 0 Å². The highest BCUT2D eigenvalue weighted by molar-refractivity contribution is 6.32. The Kier molecular flexibility index (Phi) is 4.76. The summed E-state index contributed by atoms with van der Waals surface area (Å²) in [6, 6.07) is 4.28. The highest BCUT2D eigenvalue weighted by Gasteiger charge is 2.14. The van der Waals surface area contributed by atoms with Gasteiger partial charge in [-0.15, -0.1) is 0 Å². The van der Waals surface area contributed by atoms with E-state index in [0.717, 1.165) is 0 Å². The summed E-state index contributed by atoms with van der Waals surface area (Å²) in [5, 5.41) is 20.6. The van der Waals surface area contributed by atoms with E-state index in [0.29, 0.717) is 0 Å². The lowest BCUT2D eigenvalue weighted by atomic mass is 10.1. The summed E-state index contributed by atoms with van der Waals surface area (Å²) >= 11 is 5.69. The fourth-order valence-electron chi connectivity index (χ4n) is 0.977. The number of hydrogen-bond acceptors (Lipinski definition) is 4. The van der Waals surface area contributed by atoms with Crippen molar-refractivity contribution in [3.8, 4) is 11.8 Å². The number of carboxylic acids is 1. The van der Waals surface area contributed by atoms with Gasteiger partial charge < -0.3 is 15.2 Å². The zero-order valence-electron chi connectivity index (χ0n) is 9.16. The van der Waals surface area contributed by atoms with Gasteiger partial charge in [-0.1, -0.05) is 11.6 Å². The van der Waals surface area contributed by atoms with Crippen molar-refractivity contribution in [2.45, 2.75) is 0 Å². The molecule has 5 nitrogen and oxygen atoms in total. The Balaban J connectivity index is 0.000000415. The minimum absolute atomic E-state index is 0.0755. The lowest BCUT2D eigenvalue weighted by Gasteiger charge is -2.05. The topological polar surface area (TPSA) is 92.3 Å². The summed E-state index contributed by atoms with van der Waals surface area (Å²) in [6.07, 6.45) is 0. The molecule has 0 unspecified atom stereocenters. The van der Waals surface area contributed by atoms with Gasteiger partial charge in [0.25, 0.3) is 0 Å². The molecule has 0 radical (unpaired) electrons. The van der Waals surface area contributed by atoms with Crippen molar-refractivity contribution in [3.05, 3.63) is 28.3 Å². The van der Waals surface area contributed by atoms with E-state index in [2.05, 4.69) is 5.32 Å². The summed E-state index contributed by atoms with van der Waals surface area (Å²) < 4.78 is 4.81. The van der Waals surface area contributed by atoms with E-state index in [1.165, 1.54) is 32.3 Å². The molecule has 1 heterocycles. The number of carbonyl (C=O) groups is 1. The molecule has 0 atom stereocenters. The lowest BCUT2D eigenvalue weighted by Crippen LogP contribution is -2.01. The summed E-state index contributed by atoms with van der Waals surface area (Å²) in [5.41, 5.74) is 0.0401. The van der Waals surface area contributed by atoms with Crippen molar-refractivity contribution in [2.24, 2.45) is 0 Å². The number of nitrogens with zero attached hydrogens (tertiary/aromatic N) is 1. The van der Waals surface area contributed by atoms with Gasteiger partial charge in [-0.2, -0.15) is 5.26 Å². The zero-order valence-corrected chi connectivity index (χ0v) is 9.91. The summed E-state index contributed by atoms with van der Waals surface area (Å²) in [4.78, 5) is 10.7. The number of nitrogens with one attached hydrogen (secondary N) is 1. The second-order valence-corrected chi connectivity index (χ2v) is 3.61. The molecule has 0 aliphatic carbocycles. The first-order chi connectivity index (χ1) is 8.10. The molecule has 6 heteroatoms. The van der Waals surface area contributed by atoms with Crippen LogP contribution in [0.15, 0.2) is 12.1 Å². The Morgan fingerprint density at radius 1 is 1.59 bits per heavy atom. The van der Waals surface area contributed by atoms with Gasteiger partial charge >= 0.3 is 5.97 Å². The molecule has 2 N–H and O–H groups in total. The number of hydrogen-bond donors (Lipinski definition) is 2. The predicted octanol–water partition coefficient (Wildman–Crippen LogP) is 1.51. The van der Waals surface area contributed by atoms with Crippen molar-refractivity contribution in [1.29, 1.82) is 5.26 Å². The van der Waals surface area contributed by atoms with Crippen LogP contribution in [-0.2, 0) is 0 Å². The second-order valence-electron chi connectivity index (χ2n) is 3.20. The molecule has 0 aromatic heterocycles. The number of methoxy groups -OCH3 is 1. The molecule has 1 aliphatic rings. The van der Waals surface area contributed by atoms with Gasteiger partial charge in [-0.3, -0.25) is 0 Å². The van der Waals surface area contributed by atoms with Gasteiger partial charge in [0.1, 0.15) is 17.4 Å². The van der Waals surface area contributed by atoms with Crippen LogP contribution in [0.3, 0.4) is 0 Å². The second kappa shape index (κ2) is 6.09. The molecule has 1 aromatic carbocycles. The Morgan fingerprint density at radius 2 is 2.18 bits per heavy atom. The maximum absolute atomic E-state index is 10.7. The molecule has 1 saturated heterocycles. The van der Waals surface area contributed by atoms with Crippen molar-refractivity contribution < 1.29 is 14.6 Å². The fourth-order valence-corrected chi connectivity index (χ4v) is 1.17. The third kappa shape index (κ3) is 3.94. The Morgan fingerprint density at radius 3 is 2.53 bits per heavy atom. The van der Waals surface area contributed by atoms with Gasteiger partial charge in [0.15, 0.2) is 0 Å². The third-order valence-electron chi connectivity index (χ3n) is 1.89. The first kappa shape index (κ1) is 13.3. The molecule has 17 heavy (non-hydrogen) atoms. The maximum atomic E-state index is 10.7. The van der Waals surface area contributed by atoms with Gasteiger partial charge in [0.05, 0.1) is 17.7 Å². The van der Waals surface area contributed by atoms with E-state index in [-0.39, 0.29) is 21.9 Å². The highest BCUT2D eigenvalue weighted by atomic mass is 35.5. The number of carboxylic acid groups (broad SMARTS) is 1. The van der Waals surface area contributed by atoms with Crippen molar-refractivity contribution >= 4 is 17.6 Å². The number of aromatic carboxylic acids is 1. The Hall–Kier alpha value is -1.77. The smallest absolute Gasteiger partial charge is 0.339 e. The van der Waals surface area contributed by atoms with Crippen LogP contribution >= 0.6 is 11.6 Å². The lowest BCUT2D eigenvalue weighted by molar-refractivity contribution is 0.0693. The minimum atomic E-state index is -1.16. The van der Waals surface area contributed by atoms with Crippen molar-refractivity contribution in [3.63, 3.8) is 0 Å². The molecular formula is C11H11ClN2O3. The van der Waals surface area contributed by atoms with Crippen molar-refractivity contribution in [1.82, 2.24) is 5.32 Å². The summed E-state index contributed by atoms with van der Waals surface area (Å²) in [5.74, 6) is -1.02. The van der Waals surface area contributed by atoms with E-state index in [9.17, 15) is 4.79 Å². The summed E-state index contributed by atoms with van der Waals surface area (Å²) in [6.45, 7) is 2.50. The van der Waals surface area contributed by atoms with Gasteiger partial charge in [0, 0.05) is 19.2 Å². The van der Waals surface area contributed by atoms with Gasteiger partial charge in [-0.05, 0) is 6.07 Å². The molecule has 1 fully saturated rings. The molecule has 90 valence electrons. The van der Waals surface area contributed by atoms with E-state index < -0.39 is 5.97 Å². The molecule has 1 aromatic rings. The van der Waals surface area contributed by atoms with Crippen LogP contribution in [0.25, 0.3) is 0 Å². The largest absolute Gasteiger partial charge is 0.496 e.